The summed E-state index contributed by atoms with van der Waals surface area (Å²) in [7, 11) is 0. The predicted molar refractivity (Wildman–Crippen MR) is 94.8 cm³/mol. The van der Waals surface area contributed by atoms with Gasteiger partial charge >= 0.3 is 6.09 Å². The molecule has 7 heteroatoms. The molecule has 0 bridgehead atoms. The number of carbonyl (C=O) groups excluding carboxylic acids is 1. The van der Waals surface area contributed by atoms with Crippen LogP contribution < -0.4 is 4.90 Å². The number of hydrogen-bond acceptors (Lipinski definition) is 3. The Morgan fingerprint density at radius 2 is 2.00 bits per heavy atom. The van der Waals surface area contributed by atoms with Crippen LogP contribution in [0.5, 0.6) is 0 Å². The van der Waals surface area contributed by atoms with Gasteiger partial charge in [-0.3, -0.25) is 9.69 Å². The molecule has 1 atom stereocenters. The molecule has 0 spiro atoms. The van der Waals surface area contributed by atoms with E-state index in [-0.39, 0.29) is 29.7 Å². The Labute approximate surface area is 152 Å². The molecule has 4 rings (SSSR count). The first-order valence-electron chi connectivity index (χ1n) is 9.21. The molecule has 6 nitrogen and oxygen atoms in total. The van der Waals surface area contributed by atoms with Gasteiger partial charge in [0.15, 0.2) is 0 Å². The first-order valence-corrected chi connectivity index (χ1v) is 9.21. The highest BCUT2D eigenvalue weighted by atomic mass is 19.1. The molecule has 3 heterocycles. The summed E-state index contributed by atoms with van der Waals surface area (Å²) in [5.41, 5.74) is 1.50. The number of fused-ring (bicyclic) bond motifs is 1. The SMILES string of the molecule is CC1(N2CCC(N3C(=O)Cc4cc(F)ccc43)CC2)CCN(C(=O)O)C1. The van der Waals surface area contributed by atoms with Gasteiger partial charge in [-0.15, -0.1) is 0 Å². The fourth-order valence-corrected chi connectivity index (χ4v) is 4.74. The predicted octanol–water partition coefficient (Wildman–Crippen LogP) is 2.32. The standard InChI is InChI=1S/C19H24FN3O3/c1-19(6-9-21(12-19)18(25)26)22-7-4-15(5-8-22)23-16-3-2-14(20)10-13(16)11-17(23)24/h2-3,10,15H,4-9,11-12H2,1H3,(H,25,26). The molecular formula is C19H24FN3O3. The highest BCUT2D eigenvalue weighted by Gasteiger charge is 2.43. The van der Waals surface area contributed by atoms with Gasteiger partial charge in [-0.1, -0.05) is 0 Å². The summed E-state index contributed by atoms with van der Waals surface area (Å²) >= 11 is 0. The number of piperidine rings is 1. The minimum absolute atomic E-state index is 0.0492. The summed E-state index contributed by atoms with van der Waals surface area (Å²) < 4.78 is 13.4. The molecule has 2 fully saturated rings. The number of halogens is 1. The van der Waals surface area contributed by atoms with Crippen molar-refractivity contribution in [3.05, 3.63) is 29.6 Å². The van der Waals surface area contributed by atoms with Gasteiger partial charge in [0.2, 0.25) is 5.91 Å². The van der Waals surface area contributed by atoms with Crippen molar-refractivity contribution >= 4 is 17.7 Å². The minimum atomic E-state index is -0.852. The lowest BCUT2D eigenvalue weighted by Crippen LogP contribution is -2.55. The van der Waals surface area contributed by atoms with Gasteiger partial charge < -0.3 is 14.9 Å². The molecule has 0 saturated carbocycles. The highest BCUT2D eigenvalue weighted by molar-refractivity contribution is 6.01. The first-order chi connectivity index (χ1) is 12.4. The van der Waals surface area contributed by atoms with Gasteiger partial charge in [-0.2, -0.15) is 0 Å². The number of benzene rings is 1. The van der Waals surface area contributed by atoms with Crippen molar-refractivity contribution in [1.82, 2.24) is 9.80 Å². The third kappa shape index (κ3) is 2.84. The summed E-state index contributed by atoms with van der Waals surface area (Å²) in [5, 5.41) is 9.21. The number of carboxylic acid groups (broad SMARTS) is 1. The summed E-state index contributed by atoms with van der Waals surface area (Å²) in [6.07, 6.45) is 1.97. The Bertz CT molecular complexity index is 748. The van der Waals surface area contributed by atoms with E-state index in [1.807, 2.05) is 4.90 Å². The van der Waals surface area contributed by atoms with Gasteiger partial charge in [0.1, 0.15) is 5.82 Å². The van der Waals surface area contributed by atoms with Gasteiger partial charge in [0.05, 0.1) is 6.42 Å². The normalized spacial score (nSPS) is 27.2. The lowest BCUT2D eigenvalue weighted by Gasteiger charge is -2.44. The average Bonchev–Trinajstić information content (AvgIpc) is 3.15. The zero-order valence-corrected chi connectivity index (χ0v) is 14.9. The van der Waals surface area contributed by atoms with Crippen molar-refractivity contribution in [2.24, 2.45) is 0 Å². The van der Waals surface area contributed by atoms with Crippen LogP contribution in [0, 0.1) is 5.82 Å². The summed E-state index contributed by atoms with van der Waals surface area (Å²) in [4.78, 5) is 29.4. The fourth-order valence-electron chi connectivity index (χ4n) is 4.74. The molecule has 2 amide bonds. The van der Waals surface area contributed by atoms with Crippen LogP contribution in [0.4, 0.5) is 14.9 Å². The van der Waals surface area contributed by atoms with E-state index in [2.05, 4.69) is 11.8 Å². The van der Waals surface area contributed by atoms with Crippen LogP contribution in [-0.2, 0) is 11.2 Å². The topological polar surface area (TPSA) is 64.1 Å². The maximum Gasteiger partial charge on any atom is 0.407 e. The second-order valence-electron chi connectivity index (χ2n) is 7.88. The Kier molecular flexibility index (Phi) is 4.14. The van der Waals surface area contributed by atoms with Crippen molar-refractivity contribution in [1.29, 1.82) is 0 Å². The largest absolute Gasteiger partial charge is 0.465 e. The summed E-state index contributed by atoms with van der Waals surface area (Å²) in [6.45, 7) is 4.94. The van der Waals surface area contributed by atoms with Crippen molar-refractivity contribution in [2.45, 2.75) is 44.2 Å². The van der Waals surface area contributed by atoms with Crippen molar-refractivity contribution in [3.8, 4) is 0 Å². The Morgan fingerprint density at radius 1 is 1.27 bits per heavy atom. The third-order valence-electron chi connectivity index (χ3n) is 6.23. The van der Waals surface area contributed by atoms with Gasteiger partial charge in [-0.05, 0) is 49.9 Å². The van der Waals surface area contributed by atoms with E-state index in [0.29, 0.717) is 13.1 Å². The van der Waals surface area contributed by atoms with Crippen LogP contribution in [0.3, 0.4) is 0 Å². The molecule has 1 aromatic carbocycles. The maximum atomic E-state index is 13.4. The van der Waals surface area contributed by atoms with E-state index in [0.717, 1.165) is 43.6 Å². The minimum Gasteiger partial charge on any atom is -0.465 e. The Balaban J connectivity index is 1.43. The monoisotopic (exact) mass is 361 g/mol. The fraction of sp³-hybridized carbons (Fsp3) is 0.579. The molecule has 1 unspecified atom stereocenters. The van der Waals surface area contributed by atoms with E-state index in [4.69, 9.17) is 0 Å². The number of rotatable bonds is 2. The van der Waals surface area contributed by atoms with Gasteiger partial charge in [-0.25, -0.2) is 9.18 Å². The van der Waals surface area contributed by atoms with Crippen LogP contribution in [0.15, 0.2) is 18.2 Å². The summed E-state index contributed by atoms with van der Waals surface area (Å²) in [6, 6.07) is 4.72. The first kappa shape index (κ1) is 17.3. The zero-order chi connectivity index (χ0) is 18.5. The number of anilines is 1. The Morgan fingerprint density at radius 3 is 2.65 bits per heavy atom. The number of nitrogens with zero attached hydrogens (tertiary/aromatic N) is 3. The molecule has 0 aromatic heterocycles. The quantitative estimate of drug-likeness (QED) is 0.878. The second kappa shape index (κ2) is 6.23. The average molecular weight is 361 g/mol. The number of carbonyl (C=O) groups is 2. The molecule has 140 valence electrons. The molecule has 3 aliphatic rings. The number of amides is 2. The smallest absolute Gasteiger partial charge is 0.407 e. The molecule has 26 heavy (non-hydrogen) atoms. The molecule has 2 saturated heterocycles. The zero-order valence-electron chi connectivity index (χ0n) is 14.9. The van der Waals surface area contributed by atoms with Crippen LogP contribution in [-0.4, -0.2) is 64.7 Å². The van der Waals surface area contributed by atoms with E-state index in [9.17, 15) is 19.1 Å². The molecule has 1 aromatic rings. The summed E-state index contributed by atoms with van der Waals surface area (Å²) in [5.74, 6) is -0.251. The lowest BCUT2D eigenvalue weighted by molar-refractivity contribution is -0.118. The van der Waals surface area contributed by atoms with E-state index in [1.165, 1.54) is 17.0 Å². The van der Waals surface area contributed by atoms with E-state index in [1.54, 1.807) is 6.07 Å². The van der Waals surface area contributed by atoms with Crippen molar-refractivity contribution < 1.29 is 19.1 Å². The molecule has 1 N–H and O–H groups in total. The van der Waals surface area contributed by atoms with Crippen molar-refractivity contribution in [3.63, 3.8) is 0 Å². The highest BCUT2D eigenvalue weighted by Crippen LogP contribution is 2.36. The Hall–Kier alpha value is -2.15. The van der Waals surface area contributed by atoms with E-state index >= 15 is 0 Å². The molecule has 0 radical (unpaired) electrons. The van der Waals surface area contributed by atoms with Crippen LogP contribution in [0.1, 0.15) is 31.7 Å². The van der Waals surface area contributed by atoms with Gasteiger partial charge in [0.25, 0.3) is 0 Å². The van der Waals surface area contributed by atoms with Crippen molar-refractivity contribution in [2.75, 3.05) is 31.1 Å². The van der Waals surface area contributed by atoms with E-state index < -0.39 is 6.09 Å². The second-order valence-corrected chi connectivity index (χ2v) is 7.88. The maximum absolute atomic E-state index is 13.4. The number of likely N-dealkylation sites (tertiary alicyclic amines) is 2. The molecular weight excluding hydrogens is 337 g/mol. The van der Waals surface area contributed by atoms with Crippen LogP contribution in [0.2, 0.25) is 0 Å². The van der Waals surface area contributed by atoms with Crippen LogP contribution >= 0.6 is 0 Å². The number of hydrogen-bond donors (Lipinski definition) is 1. The van der Waals surface area contributed by atoms with Gasteiger partial charge in [0, 0.05) is 43.4 Å². The third-order valence-corrected chi connectivity index (χ3v) is 6.23. The van der Waals surface area contributed by atoms with Crippen LogP contribution in [0.25, 0.3) is 0 Å². The molecule has 0 aliphatic carbocycles. The lowest BCUT2D eigenvalue weighted by atomic mass is 9.93. The molecule has 3 aliphatic heterocycles.